The first-order valence-electron chi connectivity index (χ1n) is 12.9. The van der Waals surface area contributed by atoms with Gasteiger partial charge < -0.3 is 15.8 Å². The molecule has 0 fully saturated rings. The van der Waals surface area contributed by atoms with Crippen molar-refractivity contribution in [2.24, 2.45) is 0 Å². The van der Waals surface area contributed by atoms with Crippen LogP contribution in [0, 0.1) is 0 Å². The zero-order valence-electron chi connectivity index (χ0n) is 22.5. The van der Waals surface area contributed by atoms with Crippen molar-refractivity contribution >= 4 is 50.7 Å². The number of carbonyl (C=O) groups is 2. The zero-order valence-corrected chi connectivity index (χ0v) is 23.3. The highest BCUT2D eigenvalue weighted by molar-refractivity contribution is 7.21. The van der Waals surface area contributed by atoms with Gasteiger partial charge in [0.1, 0.15) is 15.5 Å². The Balaban J connectivity index is 1.28. The van der Waals surface area contributed by atoms with Crippen LogP contribution in [0.2, 0.25) is 0 Å². The fraction of sp³-hybridized carbons (Fsp3) is 0.121. The number of anilines is 2. The summed E-state index contributed by atoms with van der Waals surface area (Å²) in [6.07, 6.45) is 3.36. The number of carbonyl (C=O) groups excluding carboxylic acids is 2. The molecule has 3 aromatic carbocycles. The predicted molar refractivity (Wildman–Crippen MR) is 164 cm³/mol. The number of pyridine rings is 1. The number of amides is 1. The highest BCUT2D eigenvalue weighted by Gasteiger charge is 2.18. The van der Waals surface area contributed by atoms with E-state index in [1.165, 1.54) is 16.9 Å². The van der Waals surface area contributed by atoms with Crippen LogP contribution in [0.1, 0.15) is 50.9 Å². The van der Waals surface area contributed by atoms with Crippen LogP contribution >= 0.6 is 11.3 Å². The van der Waals surface area contributed by atoms with Crippen molar-refractivity contribution in [3.8, 4) is 17.0 Å². The van der Waals surface area contributed by atoms with Crippen molar-refractivity contribution < 1.29 is 14.3 Å². The van der Waals surface area contributed by atoms with Gasteiger partial charge in [-0.15, -0.1) is 11.3 Å². The van der Waals surface area contributed by atoms with Gasteiger partial charge in [-0.05, 0) is 71.7 Å². The van der Waals surface area contributed by atoms with Crippen molar-refractivity contribution in [2.75, 3.05) is 18.2 Å². The molecule has 40 heavy (non-hydrogen) atoms. The number of methoxy groups -OCH3 is 1. The number of hydrogen-bond acceptors (Lipinski definition) is 6. The van der Waals surface area contributed by atoms with Gasteiger partial charge >= 0.3 is 0 Å². The zero-order chi connectivity index (χ0) is 28.2. The van der Waals surface area contributed by atoms with E-state index in [-0.39, 0.29) is 11.7 Å². The molecule has 0 aliphatic heterocycles. The molecule has 7 heteroatoms. The van der Waals surface area contributed by atoms with Crippen molar-refractivity contribution in [3.05, 3.63) is 113 Å². The number of ether oxygens (including phenoxy) is 1. The number of nitrogens with two attached hydrogens (primary N) is 1. The lowest BCUT2D eigenvalue weighted by Crippen LogP contribution is -2.12. The number of allylic oxidation sites excluding steroid dienone is 1. The maximum absolute atomic E-state index is 13.1. The summed E-state index contributed by atoms with van der Waals surface area (Å²) in [5.74, 6) is 0.762. The number of fused-ring (bicyclic) bond motifs is 1. The fourth-order valence-corrected chi connectivity index (χ4v) is 5.26. The average molecular weight is 548 g/mol. The van der Waals surface area contributed by atoms with E-state index in [9.17, 15) is 9.59 Å². The topological polar surface area (TPSA) is 94.3 Å². The SMILES string of the molecule is COc1cccc(-c2ccc3c(N)c(C(=O)Nc4ccc(C(=O)C=Cc5ccc(C(C)C)cc5)cc4)sc3n2)c1. The number of benzene rings is 3. The molecule has 0 aliphatic rings. The minimum Gasteiger partial charge on any atom is -0.497 e. The third kappa shape index (κ3) is 5.80. The van der Waals surface area contributed by atoms with Crippen LogP contribution in [0.4, 0.5) is 11.4 Å². The van der Waals surface area contributed by atoms with Gasteiger partial charge in [-0.2, -0.15) is 0 Å². The Hall–Kier alpha value is -4.75. The molecule has 5 aromatic rings. The Kier molecular flexibility index (Phi) is 7.75. The second-order valence-electron chi connectivity index (χ2n) is 9.68. The van der Waals surface area contributed by atoms with E-state index in [0.29, 0.717) is 32.6 Å². The van der Waals surface area contributed by atoms with Gasteiger partial charge in [0.2, 0.25) is 0 Å². The van der Waals surface area contributed by atoms with Gasteiger partial charge in [-0.3, -0.25) is 9.59 Å². The van der Waals surface area contributed by atoms with Gasteiger partial charge in [0.25, 0.3) is 5.91 Å². The second kappa shape index (κ2) is 11.6. The molecule has 0 bridgehead atoms. The molecule has 6 nitrogen and oxygen atoms in total. The maximum atomic E-state index is 13.1. The Morgan fingerprint density at radius 2 is 1.73 bits per heavy atom. The third-order valence-electron chi connectivity index (χ3n) is 6.62. The first-order chi connectivity index (χ1) is 19.3. The summed E-state index contributed by atoms with van der Waals surface area (Å²) in [4.78, 5) is 31.5. The largest absolute Gasteiger partial charge is 0.497 e. The monoisotopic (exact) mass is 547 g/mol. The Morgan fingerprint density at radius 3 is 2.42 bits per heavy atom. The molecule has 0 radical (unpaired) electrons. The molecule has 0 aliphatic carbocycles. The van der Waals surface area contributed by atoms with E-state index < -0.39 is 0 Å². The van der Waals surface area contributed by atoms with Crippen LogP contribution in [-0.2, 0) is 0 Å². The molecular formula is C33H29N3O3S. The molecule has 2 aromatic heterocycles. The first kappa shape index (κ1) is 26.8. The molecule has 0 atom stereocenters. The highest BCUT2D eigenvalue weighted by Crippen LogP contribution is 2.35. The molecule has 2 heterocycles. The van der Waals surface area contributed by atoms with E-state index in [1.54, 1.807) is 43.5 Å². The quantitative estimate of drug-likeness (QED) is 0.153. The Labute approximate surface area is 237 Å². The molecule has 0 saturated heterocycles. The summed E-state index contributed by atoms with van der Waals surface area (Å²) in [7, 11) is 1.62. The van der Waals surface area contributed by atoms with Gasteiger partial charge in [-0.1, -0.05) is 56.3 Å². The summed E-state index contributed by atoms with van der Waals surface area (Å²) in [6.45, 7) is 4.30. The second-order valence-corrected chi connectivity index (χ2v) is 10.7. The van der Waals surface area contributed by atoms with Gasteiger partial charge in [-0.25, -0.2) is 4.98 Å². The lowest BCUT2D eigenvalue weighted by molar-refractivity contribution is 0.102. The number of ketones is 1. The van der Waals surface area contributed by atoms with Gasteiger partial charge in [0.05, 0.1) is 18.5 Å². The van der Waals surface area contributed by atoms with Crippen molar-refractivity contribution in [2.45, 2.75) is 19.8 Å². The van der Waals surface area contributed by atoms with Crippen LogP contribution in [0.3, 0.4) is 0 Å². The molecule has 5 rings (SSSR count). The number of nitrogen functional groups attached to an aromatic ring is 1. The van der Waals surface area contributed by atoms with Crippen LogP contribution in [0.25, 0.3) is 27.6 Å². The average Bonchev–Trinajstić information content (AvgIpc) is 3.32. The molecule has 1 amide bonds. The highest BCUT2D eigenvalue weighted by atomic mass is 32.1. The lowest BCUT2D eigenvalue weighted by atomic mass is 10.0. The summed E-state index contributed by atoms with van der Waals surface area (Å²) >= 11 is 1.24. The Bertz CT molecular complexity index is 1720. The number of rotatable bonds is 8. The number of nitrogens with zero attached hydrogens (tertiary/aromatic N) is 1. The van der Waals surface area contributed by atoms with Gasteiger partial charge in [0.15, 0.2) is 5.78 Å². The number of hydrogen-bond donors (Lipinski definition) is 2. The van der Waals surface area contributed by atoms with E-state index >= 15 is 0 Å². The molecule has 0 spiro atoms. The van der Waals surface area contributed by atoms with Gasteiger partial charge in [0, 0.05) is 22.2 Å². The third-order valence-corrected chi connectivity index (χ3v) is 7.74. The lowest BCUT2D eigenvalue weighted by Gasteiger charge is -2.05. The van der Waals surface area contributed by atoms with E-state index in [1.807, 2.05) is 48.5 Å². The minimum atomic E-state index is -0.327. The molecule has 200 valence electrons. The maximum Gasteiger partial charge on any atom is 0.267 e. The van der Waals surface area contributed by atoms with Crippen molar-refractivity contribution in [1.29, 1.82) is 0 Å². The van der Waals surface area contributed by atoms with Crippen molar-refractivity contribution in [1.82, 2.24) is 4.98 Å². The van der Waals surface area contributed by atoms with Crippen LogP contribution in [-0.4, -0.2) is 23.8 Å². The minimum absolute atomic E-state index is 0.113. The van der Waals surface area contributed by atoms with Crippen LogP contribution in [0.15, 0.2) is 91.0 Å². The van der Waals surface area contributed by atoms with Crippen LogP contribution < -0.4 is 15.8 Å². The van der Waals surface area contributed by atoms with Crippen LogP contribution in [0.5, 0.6) is 5.75 Å². The van der Waals surface area contributed by atoms with Crippen molar-refractivity contribution in [3.63, 3.8) is 0 Å². The molecule has 3 N–H and O–H groups in total. The van der Waals surface area contributed by atoms with E-state index in [2.05, 4.69) is 31.3 Å². The summed E-state index contributed by atoms with van der Waals surface area (Å²) < 4.78 is 5.32. The summed E-state index contributed by atoms with van der Waals surface area (Å²) in [5.41, 5.74) is 11.7. The fourth-order valence-electron chi connectivity index (χ4n) is 4.27. The molecule has 0 unspecified atom stereocenters. The number of aromatic nitrogens is 1. The molecule has 0 saturated carbocycles. The van der Waals surface area contributed by atoms with E-state index in [0.717, 1.165) is 28.0 Å². The standard InChI is InChI=1S/C33H29N3O3S/c1-20(2)22-10-7-21(8-11-22)9-18-29(37)23-12-14-25(15-13-23)35-32(38)31-30(34)27-16-17-28(36-33(27)40-31)24-5-4-6-26(19-24)39-3/h4-20H,34H2,1-3H3,(H,35,38). The predicted octanol–water partition coefficient (Wildman–Crippen LogP) is 7.83. The molecular weight excluding hydrogens is 518 g/mol. The summed E-state index contributed by atoms with van der Waals surface area (Å²) in [6, 6.07) is 26.4. The summed E-state index contributed by atoms with van der Waals surface area (Å²) in [5, 5.41) is 3.61. The normalized spacial score (nSPS) is 11.3. The number of thiophene rings is 1. The smallest absolute Gasteiger partial charge is 0.267 e. The first-order valence-corrected chi connectivity index (χ1v) is 13.7. The van der Waals surface area contributed by atoms with E-state index in [4.69, 9.17) is 15.5 Å². The number of nitrogens with one attached hydrogen (secondary N) is 1. The Morgan fingerprint density at radius 1 is 0.975 bits per heavy atom.